The van der Waals surface area contributed by atoms with Crippen molar-refractivity contribution in [3.63, 3.8) is 0 Å². The highest BCUT2D eigenvalue weighted by atomic mass is 35.5. The molecule has 1 fully saturated rings. The minimum absolute atomic E-state index is 0.00324. The molecule has 1 aliphatic rings. The lowest BCUT2D eigenvalue weighted by molar-refractivity contribution is -0.134. The Morgan fingerprint density at radius 1 is 0.938 bits per heavy atom. The van der Waals surface area contributed by atoms with E-state index < -0.39 is 5.91 Å². The van der Waals surface area contributed by atoms with Crippen LogP contribution in [0.4, 0.5) is 11.4 Å². The summed E-state index contributed by atoms with van der Waals surface area (Å²) in [6, 6.07) is 10.1. The van der Waals surface area contributed by atoms with E-state index in [1.165, 1.54) is 6.07 Å². The monoisotopic (exact) mass is 512 g/mol. The minimum Gasteiger partial charge on any atom is -0.367 e. The first-order valence-electron chi connectivity index (χ1n) is 10.1. The second-order valence-electron chi connectivity index (χ2n) is 7.67. The fourth-order valence-corrected chi connectivity index (χ4v) is 4.16. The van der Waals surface area contributed by atoms with E-state index in [1.807, 2.05) is 30.9 Å². The quantitative estimate of drug-likeness (QED) is 0.558. The number of piperazine rings is 1. The van der Waals surface area contributed by atoms with Gasteiger partial charge in [0.05, 0.1) is 20.8 Å². The topological polar surface area (TPSA) is 64.7 Å². The normalized spacial score (nSPS) is 13.8. The Hall–Kier alpha value is -2.06. The number of amides is 2. The summed E-state index contributed by atoms with van der Waals surface area (Å²) in [4.78, 5) is 28.6. The van der Waals surface area contributed by atoms with Crippen LogP contribution in [-0.4, -0.2) is 48.0 Å². The first-order valence-corrected chi connectivity index (χ1v) is 11.6. The first kappa shape index (κ1) is 24.6. The molecule has 170 valence electrons. The van der Waals surface area contributed by atoms with Crippen molar-refractivity contribution in [2.24, 2.45) is 5.92 Å². The van der Waals surface area contributed by atoms with Crippen LogP contribution >= 0.6 is 47.0 Å². The molecule has 0 unspecified atom stereocenters. The highest BCUT2D eigenvalue weighted by molar-refractivity contribution is 7.80. The number of hydrogen-bond acceptors (Lipinski definition) is 4. The molecule has 1 saturated heterocycles. The van der Waals surface area contributed by atoms with Gasteiger partial charge in [-0.1, -0.05) is 48.7 Å². The van der Waals surface area contributed by atoms with Crippen molar-refractivity contribution in [3.05, 3.63) is 57.0 Å². The molecule has 0 atom stereocenters. The summed E-state index contributed by atoms with van der Waals surface area (Å²) >= 11 is 23.6. The molecule has 1 aliphatic heterocycles. The predicted molar refractivity (Wildman–Crippen MR) is 135 cm³/mol. The third-order valence-corrected chi connectivity index (χ3v) is 6.29. The van der Waals surface area contributed by atoms with Gasteiger partial charge in [0.1, 0.15) is 0 Å². The zero-order valence-corrected chi connectivity index (χ0v) is 20.7. The van der Waals surface area contributed by atoms with Crippen LogP contribution in [0, 0.1) is 5.92 Å². The highest BCUT2D eigenvalue weighted by Gasteiger charge is 2.24. The zero-order chi connectivity index (χ0) is 23.4. The fraction of sp³-hybridized carbons (Fsp3) is 0.318. The van der Waals surface area contributed by atoms with Crippen LogP contribution < -0.4 is 15.5 Å². The molecule has 2 aromatic rings. The molecule has 0 aliphatic carbocycles. The van der Waals surface area contributed by atoms with Crippen LogP contribution in [-0.2, 0) is 4.79 Å². The zero-order valence-electron chi connectivity index (χ0n) is 17.6. The van der Waals surface area contributed by atoms with Gasteiger partial charge >= 0.3 is 0 Å². The van der Waals surface area contributed by atoms with E-state index in [0.717, 1.165) is 5.69 Å². The van der Waals surface area contributed by atoms with E-state index in [0.29, 0.717) is 47.5 Å². The minimum atomic E-state index is -0.405. The lowest BCUT2D eigenvalue weighted by Crippen LogP contribution is -2.50. The Bertz CT molecular complexity index is 1040. The van der Waals surface area contributed by atoms with Crippen LogP contribution in [0.3, 0.4) is 0 Å². The third kappa shape index (κ3) is 6.04. The predicted octanol–water partition coefficient (Wildman–Crippen LogP) is 5.08. The van der Waals surface area contributed by atoms with E-state index >= 15 is 0 Å². The Kier molecular flexibility index (Phi) is 8.22. The summed E-state index contributed by atoms with van der Waals surface area (Å²) in [6.07, 6.45) is 0. The second-order valence-corrected chi connectivity index (χ2v) is 9.30. The molecule has 1 heterocycles. The number of hydrogen-bond donors (Lipinski definition) is 2. The maximum absolute atomic E-state index is 12.4. The van der Waals surface area contributed by atoms with Gasteiger partial charge in [0, 0.05) is 43.3 Å². The molecule has 3 rings (SSSR count). The van der Waals surface area contributed by atoms with Crippen LogP contribution in [0.5, 0.6) is 0 Å². The van der Waals surface area contributed by atoms with Gasteiger partial charge in [-0.15, -0.1) is 0 Å². The van der Waals surface area contributed by atoms with Gasteiger partial charge in [-0.3, -0.25) is 14.9 Å². The van der Waals surface area contributed by atoms with E-state index in [-0.39, 0.29) is 22.0 Å². The van der Waals surface area contributed by atoms with Crippen LogP contribution in [0.2, 0.25) is 15.1 Å². The summed E-state index contributed by atoms with van der Waals surface area (Å²) in [6.45, 7) is 6.58. The van der Waals surface area contributed by atoms with Gasteiger partial charge < -0.3 is 15.1 Å². The van der Waals surface area contributed by atoms with Crippen molar-refractivity contribution in [1.29, 1.82) is 0 Å². The van der Waals surface area contributed by atoms with E-state index in [4.69, 9.17) is 47.0 Å². The number of thiocarbonyl (C=S) groups is 1. The van der Waals surface area contributed by atoms with Crippen molar-refractivity contribution in [2.75, 3.05) is 36.4 Å². The number of rotatable bonds is 4. The molecule has 0 saturated carbocycles. The number of carbonyl (C=O) groups is 2. The van der Waals surface area contributed by atoms with E-state index in [9.17, 15) is 9.59 Å². The van der Waals surface area contributed by atoms with E-state index in [1.54, 1.807) is 18.2 Å². The Labute approximate surface area is 207 Å². The van der Waals surface area contributed by atoms with Gasteiger partial charge in [0.25, 0.3) is 5.91 Å². The van der Waals surface area contributed by atoms with Crippen molar-refractivity contribution in [1.82, 2.24) is 10.2 Å². The molecule has 0 bridgehead atoms. The molecule has 10 heteroatoms. The van der Waals surface area contributed by atoms with Crippen molar-refractivity contribution >= 4 is 75.3 Å². The summed E-state index contributed by atoms with van der Waals surface area (Å²) < 4.78 is 0. The lowest BCUT2D eigenvalue weighted by Gasteiger charge is -2.37. The lowest BCUT2D eigenvalue weighted by atomic mass is 10.1. The third-order valence-electron chi connectivity index (χ3n) is 5.04. The molecule has 0 spiro atoms. The van der Waals surface area contributed by atoms with Gasteiger partial charge in [0.2, 0.25) is 5.91 Å². The van der Waals surface area contributed by atoms with Gasteiger partial charge in [0.15, 0.2) is 5.11 Å². The summed E-state index contributed by atoms with van der Waals surface area (Å²) in [5.41, 5.74) is 1.87. The first-order chi connectivity index (χ1) is 15.2. The van der Waals surface area contributed by atoms with E-state index in [2.05, 4.69) is 15.5 Å². The van der Waals surface area contributed by atoms with Crippen LogP contribution in [0.15, 0.2) is 36.4 Å². The number of nitrogens with one attached hydrogen (secondary N) is 2. The number of benzene rings is 2. The Morgan fingerprint density at radius 3 is 2.22 bits per heavy atom. The van der Waals surface area contributed by atoms with Crippen molar-refractivity contribution < 1.29 is 9.59 Å². The maximum Gasteiger partial charge on any atom is 0.257 e. The molecule has 2 N–H and O–H groups in total. The molecular weight excluding hydrogens is 491 g/mol. The van der Waals surface area contributed by atoms with Gasteiger partial charge in [-0.05, 0) is 48.6 Å². The number of carbonyl (C=O) groups excluding carboxylic acids is 2. The molecule has 2 aromatic carbocycles. The van der Waals surface area contributed by atoms with Gasteiger partial charge in [-0.25, -0.2) is 0 Å². The number of nitrogens with zero attached hydrogens (tertiary/aromatic N) is 2. The Morgan fingerprint density at radius 2 is 1.62 bits per heavy atom. The second kappa shape index (κ2) is 10.7. The molecule has 32 heavy (non-hydrogen) atoms. The molecular formula is C22H23Cl3N4O2S. The molecule has 0 radical (unpaired) electrons. The average molecular weight is 514 g/mol. The number of halogens is 3. The smallest absolute Gasteiger partial charge is 0.257 e. The summed E-state index contributed by atoms with van der Waals surface area (Å²) in [5, 5.41) is 6.90. The van der Waals surface area contributed by atoms with Crippen molar-refractivity contribution in [2.45, 2.75) is 13.8 Å². The highest BCUT2D eigenvalue weighted by Crippen LogP contribution is 2.30. The van der Waals surface area contributed by atoms with Gasteiger partial charge in [-0.2, -0.15) is 0 Å². The van der Waals surface area contributed by atoms with Crippen LogP contribution in [0.25, 0.3) is 0 Å². The van der Waals surface area contributed by atoms with Crippen molar-refractivity contribution in [3.8, 4) is 0 Å². The SMILES string of the molecule is CC(C)C(=O)N1CCN(c2ccc(NC(=S)NC(=O)c3ccc(Cl)c(Cl)c3)cc2Cl)CC1. The largest absolute Gasteiger partial charge is 0.367 e. The summed E-state index contributed by atoms with van der Waals surface area (Å²) in [7, 11) is 0. The average Bonchev–Trinajstić information content (AvgIpc) is 2.75. The number of anilines is 2. The Balaban J connectivity index is 1.58. The molecule has 0 aromatic heterocycles. The molecule has 2 amide bonds. The van der Waals surface area contributed by atoms with Crippen LogP contribution in [0.1, 0.15) is 24.2 Å². The molecule has 6 nitrogen and oxygen atoms in total. The fourth-order valence-electron chi connectivity index (χ4n) is 3.35. The maximum atomic E-state index is 12.4. The standard InChI is InChI=1S/C22H23Cl3N4O2S/c1-13(2)21(31)29-9-7-28(8-10-29)19-6-4-15(12-18(19)25)26-22(32)27-20(30)14-3-5-16(23)17(24)11-14/h3-6,11-13H,7-10H2,1-2H3,(H2,26,27,30,32). The summed E-state index contributed by atoms with van der Waals surface area (Å²) in [5.74, 6) is -0.235.